The summed E-state index contributed by atoms with van der Waals surface area (Å²) >= 11 is 0. The molecule has 0 saturated carbocycles. The Morgan fingerprint density at radius 3 is 2.36 bits per heavy atom. The zero-order chi connectivity index (χ0) is 20.9. The number of urea groups is 1. The van der Waals surface area contributed by atoms with Crippen molar-refractivity contribution in [3.8, 4) is 0 Å². The molecule has 8 nitrogen and oxygen atoms in total. The number of hydrogen-bond acceptors (Lipinski definition) is 5. The van der Waals surface area contributed by atoms with Gasteiger partial charge < -0.3 is 19.7 Å². The molecule has 28 heavy (non-hydrogen) atoms. The van der Waals surface area contributed by atoms with Crippen molar-refractivity contribution >= 4 is 17.8 Å². The van der Waals surface area contributed by atoms with Gasteiger partial charge in [-0.25, -0.2) is 13.6 Å². The normalized spacial score (nSPS) is 19.1. The molecule has 0 aliphatic carbocycles. The van der Waals surface area contributed by atoms with Gasteiger partial charge in [-0.1, -0.05) is 0 Å². The van der Waals surface area contributed by atoms with Crippen molar-refractivity contribution in [2.45, 2.75) is 12.5 Å². The average molecular weight is 399 g/mol. The molecule has 2 rings (SSSR count). The van der Waals surface area contributed by atoms with E-state index in [9.17, 15) is 23.2 Å². The minimum Gasteiger partial charge on any atom is -0.383 e. The Morgan fingerprint density at radius 1 is 1.18 bits per heavy atom. The Morgan fingerprint density at radius 2 is 1.79 bits per heavy atom. The lowest BCUT2D eigenvalue weighted by atomic mass is 9.91. The summed E-state index contributed by atoms with van der Waals surface area (Å²) in [5.74, 6) is -2.93. The number of rotatable bonds is 9. The van der Waals surface area contributed by atoms with Gasteiger partial charge in [0.2, 0.25) is 5.91 Å². The van der Waals surface area contributed by atoms with Gasteiger partial charge in [-0.3, -0.25) is 14.5 Å². The minimum absolute atomic E-state index is 0.248. The van der Waals surface area contributed by atoms with Crippen molar-refractivity contribution in [1.29, 1.82) is 0 Å². The van der Waals surface area contributed by atoms with E-state index in [4.69, 9.17) is 9.47 Å². The van der Waals surface area contributed by atoms with Crippen molar-refractivity contribution in [2.75, 3.05) is 47.1 Å². The number of benzene rings is 1. The molecule has 0 aromatic heterocycles. The topological polar surface area (TPSA) is 88.2 Å². The van der Waals surface area contributed by atoms with Crippen LogP contribution in [0.4, 0.5) is 13.6 Å². The SMILES string of the molecule is COCCN(CCOC)C(=O)CN1C(=O)N[C@](C)(c2cc(F)ccc2F)C1=O. The number of amides is 4. The van der Waals surface area contributed by atoms with Crippen LogP contribution in [0.3, 0.4) is 0 Å². The van der Waals surface area contributed by atoms with Gasteiger partial charge in [-0.05, 0) is 25.1 Å². The smallest absolute Gasteiger partial charge is 0.325 e. The Kier molecular flexibility index (Phi) is 7.03. The molecule has 1 fully saturated rings. The second-order valence-electron chi connectivity index (χ2n) is 6.44. The van der Waals surface area contributed by atoms with Gasteiger partial charge in [0.1, 0.15) is 23.7 Å². The van der Waals surface area contributed by atoms with Gasteiger partial charge in [-0.15, -0.1) is 0 Å². The van der Waals surface area contributed by atoms with Crippen LogP contribution in [0.25, 0.3) is 0 Å². The number of nitrogens with one attached hydrogen (secondary N) is 1. The Labute approximate surface area is 161 Å². The molecule has 1 atom stereocenters. The molecule has 1 aromatic carbocycles. The maximum Gasteiger partial charge on any atom is 0.325 e. The summed E-state index contributed by atoms with van der Waals surface area (Å²) in [5.41, 5.74) is -2.12. The summed E-state index contributed by atoms with van der Waals surface area (Å²) in [6, 6.07) is 1.78. The van der Waals surface area contributed by atoms with Crippen LogP contribution in [-0.4, -0.2) is 74.7 Å². The summed E-state index contributed by atoms with van der Waals surface area (Å²) in [7, 11) is 2.96. The van der Waals surface area contributed by atoms with E-state index in [0.29, 0.717) is 4.90 Å². The Balaban J connectivity index is 2.20. The standard InChI is InChI=1S/C18H23F2N3O5/c1-18(13-10-12(19)4-5-14(13)20)16(25)23(17(26)21-18)11-15(24)22(6-8-27-2)7-9-28-3/h4-5,10H,6-9,11H2,1-3H3,(H,21,26)/t18-/m1/s1. The molecule has 0 spiro atoms. The third-order valence-electron chi connectivity index (χ3n) is 4.52. The largest absolute Gasteiger partial charge is 0.383 e. The van der Waals surface area contributed by atoms with Crippen LogP contribution in [-0.2, 0) is 24.6 Å². The fraction of sp³-hybridized carbons (Fsp3) is 0.500. The zero-order valence-electron chi connectivity index (χ0n) is 16.0. The molecule has 1 aliphatic rings. The van der Waals surface area contributed by atoms with Crippen molar-refractivity contribution in [2.24, 2.45) is 0 Å². The molecule has 1 heterocycles. The summed E-state index contributed by atoms with van der Waals surface area (Å²) in [5, 5.41) is 2.36. The molecular formula is C18H23F2N3O5. The molecule has 1 aromatic rings. The Hall–Kier alpha value is -2.59. The van der Waals surface area contributed by atoms with E-state index in [1.54, 1.807) is 0 Å². The van der Waals surface area contributed by atoms with Crippen molar-refractivity contribution in [3.63, 3.8) is 0 Å². The molecule has 4 amide bonds. The maximum atomic E-state index is 14.2. The molecular weight excluding hydrogens is 376 g/mol. The van der Waals surface area contributed by atoms with Gasteiger partial charge in [0.25, 0.3) is 5.91 Å². The molecule has 154 valence electrons. The highest BCUT2D eigenvalue weighted by Crippen LogP contribution is 2.31. The number of hydrogen-bond donors (Lipinski definition) is 1. The number of halogens is 2. The lowest BCUT2D eigenvalue weighted by Gasteiger charge is -2.25. The summed E-state index contributed by atoms with van der Waals surface area (Å²) in [4.78, 5) is 39.8. The lowest BCUT2D eigenvalue weighted by molar-refractivity contribution is -0.139. The van der Waals surface area contributed by atoms with Gasteiger partial charge in [0.15, 0.2) is 0 Å². The maximum absolute atomic E-state index is 14.2. The van der Waals surface area contributed by atoms with Gasteiger partial charge in [0.05, 0.1) is 13.2 Å². The third-order valence-corrected chi connectivity index (χ3v) is 4.52. The van der Waals surface area contributed by atoms with E-state index in [0.717, 1.165) is 18.2 Å². The Bertz CT molecular complexity index is 753. The highest BCUT2D eigenvalue weighted by Gasteiger charge is 2.51. The van der Waals surface area contributed by atoms with Crippen LogP contribution in [0.1, 0.15) is 12.5 Å². The van der Waals surface area contributed by atoms with E-state index in [2.05, 4.69) is 5.32 Å². The third kappa shape index (κ3) is 4.45. The summed E-state index contributed by atoms with van der Waals surface area (Å²) in [6.45, 7) is 1.76. The quantitative estimate of drug-likeness (QED) is 0.622. The van der Waals surface area contributed by atoms with Crippen LogP contribution in [0.5, 0.6) is 0 Å². The minimum atomic E-state index is -1.81. The number of nitrogens with zero attached hydrogens (tertiary/aromatic N) is 2. The van der Waals surface area contributed by atoms with Gasteiger partial charge in [-0.2, -0.15) is 0 Å². The first-order valence-corrected chi connectivity index (χ1v) is 8.60. The van der Waals surface area contributed by atoms with Gasteiger partial charge in [0, 0.05) is 32.9 Å². The van der Waals surface area contributed by atoms with Crippen molar-refractivity contribution in [1.82, 2.24) is 15.1 Å². The summed E-state index contributed by atoms with van der Waals surface area (Å²) in [6.07, 6.45) is 0. The average Bonchev–Trinajstić information content (AvgIpc) is 2.87. The van der Waals surface area contributed by atoms with E-state index in [-0.39, 0.29) is 31.9 Å². The van der Waals surface area contributed by atoms with Crippen LogP contribution in [0.2, 0.25) is 0 Å². The van der Waals surface area contributed by atoms with Crippen LogP contribution < -0.4 is 5.32 Å². The van der Waals surface area contributed by atoms with E-state index in [1.807, 2.05) is 0 Å². The molecule has 1 N–H and O–H groups in total. The van der Waals surface area contributed by atoms with Crippen LogP contribution in [0.15, 0.2) is 18.2 Å². The molecule has 0 unspecified atom stereocenters. The lowest BCUT2D eigenvalue weighted by Crippen LogP contribution is -2.46. The number of methoxy groups -OCH3 is 2. The molecule has 10 heteroatoms. The van der Waals surface area contributed by atoms with E-state index >= 15 is 0 Å². The highest BCUT2D eigenvalue weighted by atomic mass is 19.1. The number of carbonyl (C=O) groups is 3. The zero-order valence-corrected chi connectivity index (χ0v) is 16.0. The first-order chi connectivity index (χ1) is 13.2. The monoisotopic (exact) mass is 399 g/mol. The number of ether oxygens (including phenoxy) is 2. The van der Waals surface area contributed by atoms with Crippen molar-refractivity contribution in [3.05, 3.63) is 35.4 Å². The van der Waals surface area contributed by atoms with E-state index in [1.165, 1.54) is 26.0 Å². The second kappa shape index (κ2) is 9.07. The van der Waals surface area contributed by atoms with Crippen LogP contribution in [0, 0.1) is 11.6 Å². The van der Waals surface area contributed by atoms with Crippen LogP contribution >= 0.6 is 0 Å². The number of carbonyl (C=O) groups excluding carboxylic acids is 3. The van der Waals surface area contributed by atoms with E-state index < -0.39 is 41.6 Å². The second-order valence-corrected chi connectivity index (χ2v) is 6.44. The fourth-order valence-corrected chi connectivity index (χ4v) is 2.90. The first kappa shape index (κ1) is 21.7. The number of imide groups is 1. The molecule has 1 aliphatic heterocycles. The fourth-order valence-electron chi connectivity index (χ4n) is 2.90. The first-order valence-electron chi connectivity index (χ1n) is 8.60. The summed E-state index contributed by atoms with van der Waals surface area (Å²) < 4.78 is 37.6. The van der Waals surface area contributed by atoms with Crippen molar-refractivity contribution < 1.29 is 32.6 Å². The van der Waals surface area contributed by atoms with Gasteiger partial charge >= 0.3 is 6.03 Å². The molecule has 0 radical (unpaired) electrons. The predicted molar refractivity (Wildman–Crippen MR) is 94.3 cm³/mol. The highest BCUT2D eigenvalue weighted by molar-refractivity contribution is 6.09. The molecule has 0 bridgehead atoms. The predicted octanol–water partition coefficient (Wildman–Crippen LogP) is 0.853. The molecule has 1 saturated heterocycles.